The average molecular weight is 489 g/mol. The fraction of sp³-hybridized carbons (Fsp3) is 0.458. The number of thiophene rings is 1. The van der Waals surface area contributed by atoms with Crippen LogP contribution in [0, 0.1) is 5.82 Å². The van der Waals surface area contributed by atoms with E-state index in [0.717, 1.165) is 0 Å². The van der Waals surface area contributed by atoms with Crippen LogP contribution in [0.25, 0.3) is 0 Å². The molecule has 10 heteroatoms. The molecule has 0 spiro atoms. The van der Waals surface area contributed by atoms with Gasteiger partial charge in [0.25, 0.3) is 11.8 Å². The molecule has 4 rings (SSSR count). The van der Waals surface area contributed by atoms with E-state index in [1.165, 1.54) is 35.6 Å². The van der Waals surface area contributed by atoms with Gasteiger partial charge in [-0.3, -0.25) is 14.4 Å². The Morgan fingerprint density at radius 1 is 1.18 bits per heavy atom. The van der Waals surface area contributed by atoms with Gasteiger partial charge in [-0.05, 0) is 42.1 Å². The second-order valence-corrected chi connectivity index (χ2v) is 9.36. The number of likely N-dealkylation sites (tertiary alicyclic amines) is 1. The number of nitrogens with zero attached hydrogens (tertiary/aromatic N) is 3. The number of hydrogen-bond acceptors (Lipinski definition) is 6. The van der Waals surface area contributed by atoms with Crippen molar-refractivity contribution in [2.45, 2.75) is 18.5 Å². The fourth-order valence-electron chi connectivity index (χ4n) is 4.53. The van der Waals surface area contributed by atoms with Crippen molar-refractivity contribution in [1.82, 2.24) is 20.0 Å². The minimum Gasteiger partial charge on any atom is -0.383 e. The minimum absolute atomic E-state index is 0.116. The molecule has 2 atom stereocenters. The van der Waals surface area contributed by atoms with Crippen molar-refractivity contribution in [1.29, 1.82) is 0 Å². The number of hydrogen-bond donors (Lipinski definition) is 1. The summed E-state index contributed by atoms with van der Waals surface area (Å²) in [6.45, 7) is 3.45. The van der Waals surface area contributed by atoms with E-state index in [1.807, 2.05) is 11.4 Å². The van der Waals surface area contributed by atoms with Gasteiger partial charge in [-0.25, -0.2) is 4.39 Å². The zero-order valence-corrected chi connectivity index (χ0v) is 19.9. The summed E-state index contributed by atoms with van der Waals surface area (Å²) in [4.78, 5) is 45.9. The Labute approximate surface area is 202 Å². The number of piperazine rings is 1. The van der Waals surface area contributed by atoms with Gasteiger partial charge in [-0.1, -0.05) is 6.07 Å². The summed E-state index contributed by atoms with van der Waals surface area (Å²) >= 11 is 1.36. The van der Waals surface area contributed by atoms with E-state index in [-0.39, 0.29) is 30.3 Å². The van der Waals surface area contributed by atoms with Crippen LogP contribution >= 0.6 is 11.3 Å². The Bertz CT molecular complexity index is 995. The van der Waals surface area contributed by atoms with Crippen LogP contribution in [0.2, 0.25) is 0 Å². The third kappa shape index (κ3) is 5.29. The van der Waals surface area contributed by atoms with Gasteiger partial charge in [-0.15, -0.1) is 11.3 Å². The average Bonchev–Trinajstić information content (AvgIpc) is 3.55. The minimum atomic E-state index is -0.693. The molecule has 2 fully saturated rings. The zero-order chi connectivity index (χ0) is 24.1. The molecule has 8 nitrogen and oxygen atoms in total. The van der Waals surface area contributed by atoms with Crippen LogP contribution in [0.1, 0.15) is 26.5 Å². The molecule has 0 radical (unpaired) electrons. The van der Waals surface area contributed by atoms with Gasteiger partial charge in [-0.2, -0.15) is 0 Å². The maximum absolute atomic E-state index is 13.5. The predicted molar refractivity (Wildman–Crippen MR) is 126 cm³/mol. The van der Waals surface area contributed by atoms with Crippen LogP contribution in [-0.4, -0.2) is 97.5 Å². The van der Waals surface area contributed by atoms with Crippen LogP contribution in [0.3, 0.4) is 0 Å². The van der Waals surface area contributed by atoms with Gasteiger partial charge in [0.15, 0.2) is 0 Å². The molecular formula is C24H29FN4O4S. The SMILES string of the molecule is COCCN(C(=O)c1cccs1)C1CC(C(=O)N2CCNCC2)N(C(=O)c2ccc(F)cc2)C1. The first-order valence-electron chi connectivity index (χ1n) is 11.4. The summed E-state index contributed by atoms with van der Waals surface area (Å²) < 4.78 is 18.7. The Balaban J connectivity index is 1.61. The number of ether oxygens (including phenoxy) is 1. The van der Waals surface area contributed by atoms with Gasteiger partial charge < -0.3 is 24.8 Å². The third-order valence-corrected chi connectivity index (χ3v) is 7.17. The van der Waals surface area contributed by atoms with Gasteiger partial charge in [0.05, 0.1) is 17.5 Å². The van der Waals surface area contributed by atoms with Crippen LogP contribution < -0.4 is 5.32 Å². The molecule has 34 heavy (non-hydrogen) atoms. The first-order chi connectivity index (χ1) is 16.5. The maximum atomic E-state index is 13.5. The highest BCUT2D eigenvalue weighted by Crippen LogP contribution is 2.28. The normalized spacial score (nSPS) is 20.4. The fourth-order valence-corrected chi connectivity index (χ4v) is 5.21. The first kappa shape index (κ1) is 24.3. The molecule has 182 valence electrons. The van der Waals surface area contributed by atoms with Crippen molar-refractivity contribution in [2.24, 2.45) is 0 Å². The summed E-state index contributed by atoms with van der Waals surface area (Å²) in [5.74, 6) is -1.03. The number of methoxy groups -OCH3 is 1. The van der Waals surface area contributed by atoms with E-state index >= 15 is 0 Å². The van der Waals surface area contributed by atoms with Crippen molar-refractivity contribution in [3.63, 3.8) is 0 Å². The van der Waals surface area contributed by atoms with Crippen molar-refractivity contribution in [2.75, 3.05) is 53.0 Å². The molecule has 2 unspecified atom stereocenters. The first-order valence-corrected chi connectivity index (χ1v) is 12.3. The highest BCUT2D eigenvalue weighted by atomic mass is 32.1. The number of nitrogens with one attached hydrogen (secondary N) is 1. The molecule has 0 bridgehead atoms. The van der Waals surface area contributed by atoms with Crippen LogP contribution in [0.4, 0.5) is 4.39 Å². The van der Waals surface area contributed by atoms with Crippen LogP contribution in [-0.2, 0) is 9.53 Å². The molecule has 2 aliphatic rings. The zero-order valence-electron chi connectivity index (χ0n) is 19.1. The van der Waals surface area contributed by atoms with Gasteiger partial charge >= 0.3 is 0 Å². The van der Waals surface area contributed by atoms with Gasteiger partial charge in [0.1, 0.15) is 11.9 Å². The molecule has 1 aromatic carbocycles. The lowest BCUT2D eigenvalue weighted by Gasteiger charge is -2.32. The number of amides is 3. The molecule has 2 aliphatic heterocycles. The quantitative estimate of drug-likeness (QED) is 0.642. The molecule has 2 saturated heterocycles. The van der Waals surface area contributed by atoms with Crippen LogP contribution in [0.5, 0.6) is 0 Å². The van der Waals surface area contributed by atoms with Crippen molar-refractivity contribution < 1.29 is 23.5 Å². The highest BCUT2D eigenvalue weighted by Gasteiger charge is 2.44. The Morgan fingerprint density at radius 3 is 2.56 bits per heavy atom. The monoisotopic (exact) mass is 488 g/mol. The predicted octanol–water partition coefficient (Wildman–Crippen LogP) is 1.69. The van der Waals surface area contributed by atoms with E-state index in [9.17, 15) is 18.8 Å². The standard InChI is InChI=1S/C24H29FN4O4S/c1-33-13-12-28(24(32)21-3-2-14-34-21)19-15-20(23(31)27-10-8-26-9-11-27)29(16-19)22(30)17-4-6-18(25)7-5-17/h2-7,14,19-20,26H,8-13,15-16H2,1H3. The lowest BCUT2D eigenvalue weighted by atomic mass is 10.1. The molecule has 2 aromatic rings. The van der Waals surface area contributed by atoms with E-state index in [2.05, 4.69) is 5.32 Å². The Morgan fingerprint density at radius 2 is 1.91 bits per heavy atom. The van der Waals surface area contributed by atoms with E-state index in [4.69, 9.17) is 4.74 Å². The van der Waals surface area contributed by atoms with Crippen molar-refractivity contribution >= 4 is 29.1 Å². The van der Waals surface area contributed by atoms with Gasteiger partial charge in [0, 0.05) is 51.9 Å². The number of carbonyl (C=O) groups is 3. The highest BCUT2D eigenvalue weighted by molar-refractivity contribution is 7.12. The molecule has 0 saturated carbocycles. The van der Waals surface area contributed by atoms with E-state index < -0.39 is 11.9 Å². The number of halogens is 1. The summed E-state index contributed by atoms with van der Waals surface area (Å²) in [5, 5.41) is 5.08. The lowest BCUT2D eigenvalue weighted by molar-refractivity contribution is -0.135. The van der Waals surface area contributed by atoms with E-state index in [1.54, 1.807) is 27.9 Å². The second-order valence-electron chi connectivity index (χ2n) is 8.41. The molecule has 3 amide bonds. The van der Waals surface area contributed by atoms with E-state index in [0.29, 0.717) is 56.2 Å². The molecular weight excluding hydrogens is 459 g/mol. The Hall–Kier alpha value is -2.82. The lowest BCUT2D eigenvalue weighted by Crippen LogP contribution is -2.53. The summed E-state index contributed by atoms with van der Waals surface area (Å²) in [7, 11) is 1.57. The third-order valence-electron chi connectivity index (χ3n) is 6.31. The molecule has 1 N–H and O–H groups in total. The summed E-state index contributed by atoms with van der Waals surface area (Å²) in [5.41, 5.74) is 0.313. The molecule has 3 heterocycles. The molecule has 0 aliphatic carbocycles. The summed E-state index contributed by atoms with van der Waals surface area (Å²) in [6, 6.07) is 7.88. The van der Waals surface area contributed by atoms with Crippen molar-refractivity contribution in [3.05, 3.63) is 58.0 Å². The smallest absolute Gasteiger partial charge is 0.264 e. The number of benzene rings is 1. The molecule has 1 aromatic heterocycles. The summed E-state index contributed by atoms with van der Waals surface area (Å²) in [6.07, 6.45) is 0.344. The number of rotatable bonds is 7. The Kier molecular flexibility index (Phi) is 7.91. The maximum Gasteiger partial charge on any atom is 0.264 e. The number of carbonyl (C=O) groups excluding carboxylic acids is 3. The van der Waals surface area contributed by atoms with Crippen LogP contribution in [0.15, 0.2) is 41.8 Å². The van der Waals surface area contributed by atoms with Gasteiger partial charge in [0.2, 0.25) is 5.91 Å². The largest absolute Gasteiger partial charge is 0.383 e. The van der Waals surface area contributed by atoms with Crippen molar-refractivity contribution in [3.8, 4) is 0 Å². The topological polar surface area (TPSA) is 82.2 Å². The second kappa shape index (κ2) is 11.1.